The molecule has 1 aliphatic carbocycles. The smallest absolute Gasteiger partial charge is 0.271 e. The van der Waals surface area contributed by atoms with Gasteiger partial charge in [0.2, 0.25) is 5.91 Å². The van der Waals surface area contributed by atoms with Gasteiger partial charge in [-0.3, -0.25) is 14.9 Å². The van der Waals surface area contributed by atoms with E-state index in [9.17, 15) is 20.0 Å². The number of nitrogens with one attached hydrogen (secondary N) is 3. The van der Waals surface area contributed by atoms with Crippen LogP contribution in [0.5, 0.6) is 0 Å². The molecule has 3 heterocycles. The topological polar surface area (TPSA) is 121 Å². The second-order valence-corrected chi connectivity index (χ2v) is 10.5. The first kappa shape index (κ1) is 23.2. The molecule has 3 fully saturated rings. The molecule has 2 amide bonds. The second-order valence-electron chi connectivity index (χ2n) is 10.1. The summed E-state index contributed by atoms with van der Waals surface area (Å²) in [5.41, 5.74) is 1.09. The molecule has 4 atom stereocenters. The van der Waals surface area contributed by atoms with Crippen LogP contribution in [0.15, 0.2) is 24.3 Å². The van der Waals surface area contributed by atoms with Gasteiger partial charge < -0.3 is 20.3 Å². The van der Waals surface area contributed by atoms with E-state index in [1.54, 1.807) is 17.0 Å². The average Bonchev–Trinajstić information content (AvgIpc) is 3.43. The van der Waals surface area contributed by atoms with Gasteiger partial charge in [0.25, 0.3) is 5.91 Å². The van der Waals surface area contributed by atoms with Crippen molar-refractivity contribution in [2.24, 2.45) is 11.3 Å². The molecule has 5 rings (SSSR count). The van der Waals surface area contributed by atoms with Crippen LogP contribution < -0.4 is 10.6 Å². The summed E-state index contributed by atoms with van der Waals surface area (Å²) in [5, 5.41) is 27.2. The van der Waals surface area contributed by atoms with Crippen molar-refractivity contribution in [1.82, 2.24) is 20.5 Å². The van der Waals surface area contributed by atoms with E-state index in [0.29, 0.717) is 35.6 Å². The van der Waals surface area contributed by atoms with Crippen LogP contribution in [0.1, 0.15) is 55.4 Å². The van der Waals surface area contributed by atoms with Crippen molar-refractivity contribution in [2.75, 3.05) is 13.1 Å². The van der Waals surface area contributed by atoms with E-state index in [2.05, 4.69) is 21.7 Å². The molecule has 2 saturated heterocycles. The Labute approximate surface area is 203 Å². The van der Waals surface area contributed by atoms with Crippen molar-refractivity contribution in [3.8, 4) is 6.07 Å². The Morgan fingerprint density at radius 1 is 1.35 bits per heavy atom. The molecule has 1 aromatic heterocycles. The Hall–Kier alpha value is -2.60. The molecule has 2 aromatic rings. The number of aromatic nitrogens is 1. The first-order chi connectivity index (χ1) is 16.4. The molecule has 1 spiro atoms. The van der Waals surface area contributed by atoms with Crippen molar-refractivity contribution in [2.45, 2.75) is 63.3 Å². The van der Waals surface area contributed by atoms with Crippen molar-refractivity contribution in [3.05, 3.63) is 35.0 Å². The van der Waals surface area contributed by atoms with Crippen LogP contribution in [0.2, 0.25) is 5.02 Å². The second kappa shape index (κ2) is 9.21. The minimum atomic E-state index is -0.714. The van der Waals surface area contributed by atoms with Crippen LogP contribution in [0.3, 0.4) is 0 Å². The SMILES string of the molecule is N#C[C@H](C[C@@H]1CCCNC1O)NC(=O)[C@@H]1CC2(CCC2)CN1C(=O)c1cc2cccc(Cl)c2[nH]1. The molecule has 1 saturated carbocycles. The molecular weight excluding hydrogens is 454 g/mol. The van der Waals surface area contributed by atoms with Gasteiger partial charge in [-0.1, -0.05) is 30.2 Å². The number of fused-ring (bicyclic) bond motifs is 1. The maximum Gasteiger partial charge on any atom is 0.271 e. The molecule has 180 valence electrons. The minimum Gasteiger partial charge on any atom is -0.378 e. The molecule has 1 aromatic carbocycles. The Morgan fingerprint density at radius 2 is 2.18 bits per heavy atom. The lowest BCUT2D eigenvalue weighted by molar-refractivity contribution is -0.125. The van der Waals surface area contributed by atoms with E-state index in [0.717, 1.165) is 44.0 Å². The number of nitriles is 1. The standard InChI is InChI=1S/C25H30ClN5O3/c26-18-6-1-4-15-11-19(30-21(15)18)24(34)31-14-25(7-3-8-25)12-20(31)23(33)29-17(13-27)10-16-5-2-9-28-22(16)32/h1,4,6,11,16-17,20,22,28,30,32H,2-3,5,7-10,12,14H2,(H,29,33)/t16-,17-,20-,22?/m0/s1. The number of likely N-dealkylation sites (tertiary alicyclic amines) is 1. The van der Waals surface area contributed by atoms with Gasteiger partial charge in [0.1, 0.15) is 24.0 Å². The lowest BCUT2D eigenvalue weighted by Crippen LogP contribution is -2.50. The number of aliphatic hydroxyl groups excluding tert-OH is 1. The number of halogens is 1. The number of aromatic amines is 1. The fourth-order valence-electron chi connectivity index (χ4n) is 5.83. The van der Waals surface area contributed by atoms with E-state index in [1.807, 2.05) is 12.1 Å². The maximum atomic E-state index is 13.6. The van der Waals surface area contributed by atoms with Crippen LogP contribution in [-0.4, -0.2) is 58.2 Å². The lowest BCUT2D eigenvalue weighted by atomic mass is 9.67. The van der Waals surface area contributed by atoms with E-state index in [1.165, 1.54) is 0 Å². The quantitative estimate of drug-likeness (QED) is 0.521. The number of carbonyl (C=O) groups excluding carboxylic acids is 2. The monoisotopic (exact) mass is 483 g/mol. The van der Waals surface area contributed by atoms with E-state index < -0.39 is 18.3 Å². The lowest BCUT2D eigenvalue weighted by Gasteiger charge is -2.37. The van der Waals surface area contributed by atoms with Gasteiger partial charge in [0.05, 0.1) is 16.6 Å². The van der Waals surface area contributed by atoms with Crippen LogP contribution >= 0.6 is 11.6 Å². The first-order valence-corrected chi connectivity index (χ1v) is 12.5. The highest BCUT2D eigenvalue weighted by molar-refractivity contribution is 6.35. The molecule has 8 nitrogen and oxygen atoms in total. The number of hydrogen-bond donors (Lipinski definition) is 4. The molecular formula is C25H30ClN5O3. The number of hydrogen-bond acceptors (Lipinski definition) is 5. The average molecular weight is 484 g/mol. The fourth-order valence-corrected chi connectivity index (χ4v) is 6.06. The Kier molecular flexibility index (Phi) is 6.28. The number of benzene rings is 1. The predicted octanol–water partition coefficient (Wildman–Crippen LogP) is 2.92. The number of aliphatic hydroxyl groups is 1. The zero-order valence-electron chi connectivity index (χ0n) is 19.0. The summed E-state index contributed by atoms with van der Waals surface area (Å²) in [4.78, 5) is 31.7. The summed E-state index contributed by atoms with van der Waals surface area (Å²) in [5.74, 6) is -0.609. The zero-order valence-corrected chi connectivity index (χ0v) is 19.8. The normalized spacial score (nSPS) is 26.7. The van der Waals surface area contributed by atoms with Crippen LogP contribution in [-0.2, 0) is 4.79 Å². The molecule has 34 heavy (non-hydrogen) atoms. The third-order valence-corrected chi connectivity index (χ3v) is 8.20. The van der Waals surface area contributed by atoms with E-state index in [-0.39, 0.29) is 23.1 Å². The third-order valence-electron chi connectivity index (χ3n) is 7.88. The number of carbonyl (C=O) groups is 2. The summed E-state index contributed by atoms with van der Waals surface area (Å²) >= 11 is 6.28. The van der Waals surface area contributed by atoms with Gasteiger partial charge in [0, 0.05) is 17.8 Å². The summed E-state index contributed by atoms with van der Waals surface area (Å²) in [7, 11) is 0. The van der Waals surface area contributed by atoms with Gasteiger partial charge in [-0.25, -0.2) is 0 Å². The number of rotatable bonds is 5. The highest BCUT2D eigenvalue weighted by atomic mass is 35.5. The van der Waals surface area contributed by atoms with Crippen molar-refractivity contribution in [3.63, 3.8) is 0 Å². The van der Waals surface area contributed by atoms with Crippen molar-refractivity contribution < 1.29 is 14.7 Å². The third kappa shape index (κ3) is 4.28. The summed E-state index contributed by atoms with van der Waals surface area (Å²) < 4.78 is 0. The molecule has 3 aliphatic rings. The molecule has 0 radical (unpaired) electrons. The number of para-hydroxylation sites is 1. The number of nitrogens with zero attached hydrogens (tertiary/aromatic N) is 2. The van der Waals surface area contributed by atoms with Gasteiger partial charge in [-0.2, -0.15) is 5.26 Å². The summed E-state index contributed by atoms with van der Waals surface area (Å²) in [6.45, 7) is 1.29. The molecule has 9 heteroatoms. The fraction of sp³-hybridized carbons (Fsp3) is 0.560. The molecule has 4 N–H and O–H groups in total. The molecule has 1 unspecified atom stereocenters. The summed E-state index contributed by atoms with van der Waals surface area (Å²) in [6, 6.07) is 8.11. The van der Waals surface area contributed by atoms with Gasteiger partial charge in [-0.05, 0) is 62.6 Å². The number of amides is 2. The predicted molar refractivity (Wildman–Crippen MR) is 128 cm³/mol. The van der Waals surface area contributed by atoms with Gasteiger partial charge >= 0.3 is 0 Å². The van der Waals surface area contributed by atoms with E-state index in [4.69, 9.17) is 11.6 Å². The number of piperidine rings is 1. The van der Waals surface area contributed by atoms with Crippen molar-refractivity contribution in [1.29, 1.82) is 5.26 Å². The van der Waals surface area contributed by atoms with Gasteiger partial charge in [-0.15, -0.1) is 0 Å². The maximum absolute atomic E-state index is 13.6. The highest BCUT2D eigenvalue weighted by Crippen LogP contribution is 2.50. The zero-order chi connectivity index (χ0) is 23.9. The Bertz CT molecular complexity index is 1140. The van der Waals surface area contributed by atoms with Gasteiger partial charge in [0.15, 0.2) is 0 Å². The minimum absolute atomic E-state index is 0.0209. The van der Waals surface area contributed by atoms with Crippen LogP contribution in [0.25, 0.3) is 10.9 Å². The first-order valence-electron chi connectivity index (χ1n) is 12.1. The molecule has 0 bridgehead atoms. The highest BCUT2D eigenvalue weighted by Gasteiger charge is 2.52. The van der Waals surface area contributed by atoms with Crippen LogP contribution in [0.4, 0.5) is 0 Å². The largest absolute Gasteiger partial charge is 0.378 e. The Morgan fingerprint density at radius 3 is 2.85 bits per heavy atom. The van der Waals surface area contributed by atoms with Crippen molar-refractivity contribution >= 4 is 34.3 Å². The summed E-state index contributed by atoms with van der Waals surface area (Å²) in [6.07, 6.45) is 5.16. The number of H-pyrrole nitrogens is 1. The van der Waals surface area contributed by atoms with Crippen LogP contribution in [0, 0.1) is 22.7 Å². The molecule has 2 aliphatic heterocycles. The Balaban J connectivity index is 1.34. The van der Waals surface area contributed by atoms with E-state index >= 15 is 0 Å².